The topological polar surface area (TPSA) is 66.9 Å². The Bertz CT molecular complexity index is 414. The molecule has 0 amide bonds. The van der Waals surface area contributed by atoms with Crippen molar-refractivity contribution in [2.24, 2.45) is 11.8 Å². The zero-order valence-corrected chi connectivity index (χ0v) is 13.6. The first-order chi connectivity index (χ1) is 9.28. The average molecular weight is 306 g/mol. The third-order valence-electron chi connectivity index (χ3n) is 4.02. The fourth-order valence-electron chi connectivity index (χ4n) is 2.44. The quantitative estimate of drug-likeness (QED) is 0.689. The lowest BCUT2D eigenvalue weighted by atomic mass is 9.87. The zero-order chi connectivity index (χ0) is 15.3. The molecule has 0 aromatic heterocycles. The van der Waals surface area contributed by atoms with Crippen LogP contribution in [0.5, 0.6) is 0 Å². The molecule has 0 saturated carbocycles. The molecule has 0 bridgehead atoms. The predicted molar refractivity (Wildman–Crippen MR) is 77.3 cm³/mol. The molecule has 1 aliphatic heterocycles. The predicted octanol–water partition coefficient (Wildman–Crippen LogP) is 1.09. The van der Waals surface area contributed by atoms with E-state index in [1.54, 1.807) is 0 Å². The molecule has 0 unspecified atom stereocenters. The normalized spacial score (nSPS) is 18.7. The average Bonchev–Trinajstić information content (AvgIpc) is 2.44. The second-order valence-corrected chi connectivity index (χ2v) is 7.67. The smallest absolute Gasteiger partial charge is 0.306 e. The molecule has 0 radical (unpaired) electrons. The summed E-state index contributed by atoms with van der Waals surface area (Å²) in [6.07, 6.45) is 1.89. The van der Waals surface area contributed by atoms with Crippen molar-refractivity contribution in [3.63, 3.8) is 0 Å². The highest BCUT2D eigenvalue weighted by Crippen LogP contribution is 2.26. The van der Waals surface area contributed by atoms with Crippen molar-refractivity contribution in [3.05, 3.63) is 0 Å². The van der Waals surface area contributed by atoms with Gasteiger partial charge in [-0.25, -0.2) is 0 Å². The molecule has 118 valence electrons. The second-order valence-electron chi connectivity index (χ2n) is 5.64. The Balaban J connectivity index is 2.54. The van der Waals surface area contributed by atoms with Crippen LogP contribution in [0.15, 0.2) is 0 Å². The van der Waals surface area contributed by atoms with Crippen molar-refractivity contribution in [1.29, 1.82) is 0 Å². The number of esters is 1. The van der Waals surface area contributed by atoms with Crippen LogP contribution >= 0.6 is 0 Å². The lowest BCUT2D eigenvalue weighted by Crippen LogP contribution is -2.46. The first kappa shape index (κ1) is 17.4. The largest absolute Gasteiger partial charge is 0.469 e. The van der Waals surface area contributed by atoms with Gasteiger partial charge >= 0.3 is 5.97 Å². The first-order valence-corrected chi connectivity index (χ1v) is 8.47. The number of nitrogens with zero attached hydrogens (tertiary/aromatic N) is 2. The van der Waals surface area contributed by atoms with E-state index in [2.05, 4.69) is 18.6 Å². The number of methoxy groups -OCH3 is 1. The van der Waals surface area contributed by atoms with Crippen LogP contribution in [0.25, 0.3) is 0 Å². The number of carbonyl (C=O) groups excluding carboxylic acids is 1. The Morgan fingerprint density at radius 2 is 1.90 bits per heavy atom. The number of hydrogen-bond acceptors (Lipinski definition) is 4. The van der Waals surface area contributed by atoms with Gasteiger partial charge in [-0.3, -0.25) is 4.79 Å². The van der Waals surface area contributed by atoms with Crippen LogP contribution in [-0.2, 0) is 19.7 Å². The van der Waals surface area contributed by atoms with Gasteiger partial charge in [-0.05, 0) is 24.7 Å². The zero-order valence-electron chi connectivity index (χ0n) is 12.8. The molecule has 0 atom stereocenters. The highest BCUT2D eigenvalue weighted by atomic mass is 32.2. The van der Waals surface area contributed by atoms with Crippen LogP contribution in [0.4, 0.5) is 0 Å². The maximum atomic E-state index is 12.4. The van der Waals surface area contributed by atoms with Gasteiger partial charge in [-0.1, -0.05) is 13.8 Å². The number of hydrogen-bond donors (Lipinski definition) is 0. The standard InChI is InChI=1S/C13H26N2O4S/c1-11(2)12-5-9-15(10-6-12)20(17,18)14(3)8-7-13(16)19-4/h11-12H,5-10H2,1-4H3. The summed E-state index contributed by atoms with van der Waals surface area (Å²) in [5, 5.41) is 0. The van der Waals surface area contributed by atoms with Crippen LogP contribution in [-0.4, -0.2) is 56.8 Å². The Labute approximate surface area is 122 Å². The van der Waals surface area contributed by atoms with Gasteiger partial charge in [0.25, 0.3) is 10.2 Å². The maximum absolute atomic E-state index is 12.4. The van der Waals surface area contributed by atoms with Crippen molar-refractivity contribution in [2.75, 3.05) is 33.8 Å². The molecule has 1 aliphatic rings. The lowest BCUT2D eigenvalue weighted by molar-refractivity contribution is -0.140. The summed E-state index contributed by atoms with van der Waals surface area (Å²) >= 11 is 0. The molecule has 6 nitrogen and oxygen atoms in total. The molecule has 0 spiro atoms. The number of carbonyl (C=O) groups is 1. The molecule has 1 saturated heterocycles. The van der Waals surface area contributed by atoms with Gasteiger partial charge in [0.2, 0.25) is 0 Å². The summed E-state index contributed by atoms with van der Waals surface area (Å²) in [7, 11) is -0.650. The summed E-state index contributed by atoms with van der Waals surface area (Å²) in [5.41, 5.74) is 0. The molecule has 1 heterocycles. The van der Waals surface area contributed by atoms with E-state index < -0.39 is 16.2 Å². The Morgan fingerprint density at radius 3 is 2.35 bits per heavy atom. The van der Waals surface area contributed by atoms with Crippen molar-refractivity contribution in [1.82, 2.24) is 8.61 Å². The molecular weight excluding hydrogens is 280 g/mol. The van der Waals surface area contributed by atoms with Gasteiger partial charge in [-0.2, -0.15) is 17.0 Å². The minimum atomic E-state index is -3.46. The third kappa shape index (κ3) is 4.43. The Hall–Kier alpha value is -0.660. The second kappa shape index (κ2) is 7.38. The SMILES string of the molecule is COC(=O)CCN(C)S(=O)(=O)N1CCC(C(C)C)CC1. The van der Waals surface area contributed by atoms with Gasteiger partial charge in [0.15, 0.2) is 0 Å². The molecule has 0 aliphatic carbocycles. The molecule has 7 heteroatoms. The minimum absolute atomic E-state index is 0.0781. The molecule has 1 rings (SSSR count). The van der Waals surface area contributed by atoms with Crippen LogP contribution in [0.1, 0.15) is 33.1 Å². The van der Waals surface area contributed by atoms with Crippen LogP contribution in [0, 0.1) is 11.8 Å². The summed E-state index contributed by atoms with van der Waals surface area (Å²) in [6, 6.07) is 0. The maximum Gasteiger partial charge on any atom is 0.306 e. The molecule has 20 heavy (non-hydrogen) atoms. The van der Waals surface area contributed by atoms with E-state index in [0.717, 1.165) is 12.8 Å². The van der Waals surface area contributed by atoms with Crippen LogP contribution in [0.3, 0.4) is 0 Å². The molecule has 0 aromatic rings. The molecule has 0 aromatic carbocycles. The van der Waals surface area contributed by atoms with Gasteiger partial charge in [0.1, 0.15) is 0 Å². The van der Waals surface area contributed by atoms with E-state index in [1.165, 1.54) is 22.8 Å². The van der Waals surface area contributed by atoms with E-state index in [1.807, 2.05) is 0 Å². The Kier molecular flexibility index (Phi) is 6.42. The molecular formula is C13H26N2O4S. The van der Waals surface area contributed by atoms with Crippen molar-refractivity contribution < 1.29 is 17.9 Å². The lowest BCUT2D eigenvalue weighted by Gasteiger charge is -2.35. The van der Waals surface area contributed by atoms with Crippen LogP contribution < -0.4 is 0 Å². The van der Waals surface area contributed by atoms with Gasteiger partial charge < -0.3 is 4.74 Å². The van der Waals surface area contributed by atoms with Gasteiger partial charge in [0, 0.05) is 26.7 Å². The van der Waals surface area contributed by atoms with Crippen molar-refractivity contribution in [2.45, 2.75) is 33.1 Å². The van der Waals surface area contributed by atoms with E-state index >= 15 is 0 Å². The van der Waals surface area contributed by atoms with Gasteiger partial charge in [-0.15, -0.1) is 0 Å². The van der Waals surface area contributed by atoms with E-state index in [-0.39, 0.29) is 13.0 Å². The molecule has 0 N–H and O–H groups in total. The highest BCUT2D eigenvalue weighted by Gasteiger charge is 2.31. The monoisotopic (exact) mass is 306 g/mol. The van der Waals surface area contributed by atoms with E-state index in [0.29, 0.717) is 24.9 Å². The third-order valence-corrected chi connectivity index (χ3v) is 6.01. The minimum Gasteiger partial charge on any atom is -0.469 e. The van der Waals surface area contributed by atoms with Gasteiger partial charge in [0.05, 0.1) is 13.5 Å². The number of rotatable bonds is 6. The number of ether oxygens (including phenoxy) is 1. The summed E-state index contributed by atoms with van der Waals surface area (Å²) in [5.74, 6) is 0.796. The highest BCUT2D eigenvalue weighted by molar-refractivity contribution is 7.86. The fourth-order valence-corrected chi connectivity index (χ4v) is 3.82. The van der Waals surface area contributed by atoms with E-state index in [4.69, 9.17) is 0 Å². The first-order valence-electron chi connectivity index (χ1n) is 7.07. The summed E-state index contributed by atoms with van der Waals surface area (Å²) < 4.78 is 32.0. The molecule has 1 fully saturated rings. The van der Waals surface area contributed by atoms with Crippen molar-refractivity contribution in [3.8, 4) is 0 Å². The van der Waals surface area contributed by atoms with E-state index in [9.17, 15) is 13.2 Å². The fraction of sp³-hybridized carbons (Fsp3) is 0.923. The van der Waals surface area contributed by atoms with Crippen LogP contribution in [0.2, 0.25) is 0 Å². The summed E-state index contributed by atoms with van der Waals surface area (Å²) in [6.45, 7) is 5.63. The van der Waals surface area contributed by atoms with Crippen molar-refractivity contribution >= 4 is 16.2 Å². The summed E-state index contributed by atoms with van der Waals surface area (Å²) in [4.78, 5) is 11.1. The number of piperidine rings is 1. The Morgan fingerprint density at radius 1 is 1.35 bits per heavy atom.